The highest BCUT2D eigenvalue weighted by molar-refractivity contribution is 4.67. The van der Waals surface area contributed by atoms with Crippen LogP contribution < -0.4 is 0 Å². The van der Waals surface area contributed by atoms with Crippen LogP contribution in [0.4, 0.5) is 0 Å². The molecule has 0 aromatic heterocycles. The standard InChI is InChI=1S/C12H24/c1-3-5-7-9-11-12-10-8-6-4-2/h7-8H,3-6,9-12H2,1-2H3. The summed E-state index contributed by atoms with van der Waals surface area (Å²) in [5.41, 5.74) is 0. The van der Waals surface area contributed by atoms with Crippen LogP contribution in [-0.2, 0) is 0 Å². The second-order valence-corrected chi connectivity index (χ2v) is 3.44. The van der Waals surface area contributed by atoms with E-state index in [2.05, 4.69) is 26.7 Å². The molecule has 0 aromatic rings. The second kappa shape index (κ2) is 11.0. The molecule has 0 amide bonds. The fraction of sp³-hybridized carbons (Fsp3) is 0.833. The third-order valence-corrected chi connectivity index (χ3v) is 2.05. The van der Waals surface area contributed by atoms with Crippen molar-refractivity contribution in [1.29, 1.82) is 0 Å². The van der Waals surface area contributed by atoms with Crippen LogP contribution in [-0.4, -0.2) is 0 Å². The lowest BCUT2D eigenvalue weighted by Crippen LogP contribution is -1.81. The van der Waals surface area contributed by atoms with E-state index in [1.54, 1.807) is 0 Å². The minimum Gasteiger partial charge on any atom is -0.0654 e. The van der Waals surface area contributed by atoms with Crippen LogP contribution in [0.15, 0.2) is 0 Å². The second-order valence-electron chi connectivity index (χ2n) is 3.44. The lowest BCUT2D eigenvalue weighted by Gasteiger charge is -1.99. The van der Waals surface area contributed by atoms with Crippen LogP contribution in [0.5, 0.6) is 0 Å². The summed E-state index contributed by atoms with van der Waals surface area (Å²) < 4.78 is 0. The van der Waals surface area contributed by atoms with Crippen molar-refractivity contribution in [2.45, 2.75) is 65.2 Å². The molecule has 0 aromatic carbocycles. The smallest absolute Gasteiger partial charge is 0.0386 e. The summed E-state index contributed by atoms with van der Waals surface area (Å²) in [6, 6.07) is 0. The van der Waals surface area contributed by atoms with E-state index < -0.39 is 0 Å². The summed E-state index contributed by atoms with van der Waals surface area (Å²) in [6.07, 6.45) is 15.5. The monoisotopic (exact) mass is 168 g/mol. The predicted octanol–water partition coefficient (Wildman–Crippen LogP) is 4.56. The molecular weight excluding hydrogens is 144 g/mol. The Morgan fingerprint density at radius 1 is 0.667 bits per heavy atom. The van der Waals surface area contributed by atoms with Gasteiger partial charge in [0.25, 0.3) is 0 Å². The average molecular weight is 168 g/mol. The average Bonchev–Trinajstić information content (AvgIpc) is 2.10. The van der Waals surface area contributed by atoms with Gasteiger partial charge >= 0.3 is 0 Å². The molecule has 12 heavy (non-hydrogen) atoms. The molecule has 0 saturated heterocycles. The first kappa shape index (κ1) is 12.0. The molecule has 72 valence electrons. The predicted molar refractivity (Wildman–Crippen MR) is 56.9 cm³/mol. The Hall–Kier alpha value is 0. The van der Waals surface area contributed by atoms with Gasteiger partial charge in [0.2, 0.25) is 0 Å². The Bertz CT molecular complexity index is 56.4. The van der Waals surface area contributed by atoms with E-state index in [0.29, 0.717) is 0 Å². The highest BCUT2D eigenvalue weighted by Crippen LogP contribution is 2.08. The molecule has 0 aliphatic heterocycles. The summed E-state index contributed by atoms with van der Waals surface area (Å²) in [4.78, 5) is 0. The van der Waals surface area contributed by atoms with Crippen LogP contribution in [0.3, 0.4) is 0 Å². The Labute approximate surface area is 78.8 Å². The van der Waals surface area contributed by atoms with E-state index in [1.165, 1.54) is 51.4 Å². The van der Waals surface area contributed by atoms with Gasteiger partial charge in [0.15, 0.2) is 0 Å². The molecule has 0 unspecified atom stereocenters. The molecule has 0 nitrogen and oxygen atoms in total. The lowest BCUT2D eigenvalue weighted by atomic mass is 10.1. The van der Waals surface area contributed by atoms with Crippen LogP contribution in [0.2, 0.25) is 0 Å². The van der Waals surface area contributed by atoms with Gasteiger partial charge in [-0.2, -0.15) is 0 Å². The van der Waals surface area contributed by atoms with Crippen LogP contribution >= 0.6 is 0 Å². The highest BCUT2D eigenvalue weighted by Gasteiger charge is 1.90. The Morgan fingerprint density at radius 2 is 1.08 bits per heavy atom. The Balaban J connectivity index is 2.73. The van der Waals surface area contributed by atoms with Gasteiger partial charge in [-0.1, -0.05) is 65.2 Å². The fourth-order valence-corrected chi connectivity index (χ4v) is 1.27. The third-order valence-electron chi connectivity index (χ3n) is 2.05. The van der Waals surface area contributed by atoms with Gasteiger partial charge in [-0.25, -0.2) is 0 Å². The molecule has 0 aliphatic rings. The molecule has 0 rings (SSSR count). The number of rotatable bonds is 9. The molecule has 0 N–H and O–H groups in total. The van der Waals surface area contributed by atoms with Gasteiger partial charge < -0.3 is 0 Å². The highest BCUT2D eigenvalue weighted by atomic mass is 14.0. The first-order valence-corrected chi connectivity index (χ1v) is 5.55. The van der Waals surface area contributed by atoms with E-state index in [1.807, 2.05) is 0 Å². The van der Waals surface area contributed by atoms with Crippen LogP contribution in [0.1, 0.15) is 65.2 Å². The van der Waals surface area contributed by atoms with Crippen molar-refractivity contribution in [1.82, 2.24) is 0 Å². The van der Waals surface area contributed by atoms with Crippen molar-refractivity contribution in [2.24, 2.45) is 0 Å². The summed E-state index contributed by atoms with van der Waals surface area (Å²) in [5.74, 6) is 0. The van der Waals surface area contributed by atoms with Crippen LogP contribution in [0.25, 0.3) is 0 Å². The third kappa shape index (κ3) is 10.0. The minimum absolute atomic E-state index is 1.30. The zero-order valence-electron chi connectivity index (χ0n) is 8.81. The molecular formula is C12H24. The minimum atomic E-state index is 1.30. The summed E-state index contributed by atoms with van der Waals surface area (Å²) >= 11 is 0. The van der Waals surface area contributed by atoms with Crippen molar-refractivity contribution in [3.05, 3.63) is 12.8 Å². The van der Waals surface area contributed by atoms with E-state index in [9.17, 15) is 0 Å². The molecule has 0 saturated carbocycles. The van der Waals surface area contributed by atoms with E-state index in [-0.39, 0.29) is 0 Å². The van der Waals surface area contributed by atoms with Gasteiger partial charge in [-0.15, -0.1) is 0 Å². The molecule has 0 aliphatic carbocycles. The topological polar surface area (TPSA) is 0 Å². The van der Waals surface area contributed by atoms with E-state index in [0.717, 1.165) is 0 Å². The molecule has 0 heteroatoms. The van der Waals surface area contributed by atoms with Crippen molar-refractivity contribution < 1.29 is 0 Å². The number of hydrogen-bond donors (Lipinski definition) is 0. The SMILES string of the molecule is CCC[CH]CCCC[CH]CCC. The molecule has 0 atom stereocenters. The van der Waals surface area contributed by atoms with E-state index >= 15 is 0 Å². The first-order valence-electron chi connectivity index (χ1n) is 5.55. The first-order chi connectivity index (χ1) is 5.91. The summed E-state index contributed by atoms with van der Waals surface area (Å²) in [5, 5.41) is 0. The van der Waals surface area contributed by atoms with Gasteiger partial charge in [-0.3, -0.25) is 0 Å². The quantitative estimate of drug-likeness (QED) is 0.443. The maximum absolute atomic E-state index is 2.43. The Kier molecular flexibility index (Phi) is 11.0. The van der Waals surface area contributed by atoms with Crippen molar-refractivity contribution in [2.75, 3.05) is 0 Å². The maximum atomic E-state index is 2.43. The van der Waals surface area contributed by atoms with Gasteiger partial charge in [0, 0.05) is 0 Å². The number of unbranched alkanes of at least 4 members (excludes halogenated alkanes) is 9. The molecule has 0 fully saturated rings. The van der Waals surface area contributed by atoms with Crippen LogP contribution in [0, 0.1) is 12.8 Å². The van der Waals surface area contributed by atoms with Gasteiger partial charge in [0.1, 0.15) is 0 Å². The molecule has 0 heterocycles. The van der Waals surface area contributed by atoms with Gasteiger partial charge in [-0.05, 0) is 12.8 Å². The van der Waals surface area contributed by atoms with E-state index in [4.69, 9.17) is 0 Å². The summed E-state index contributed by atoms with van der Waals surface area (Å²) in [6.45, 7) is 4.48. The Morgan fingerprint density at radius 3 is 1.42 bits per heavy atom. The van der Waals surface area contributed by atoms with Gasteiger partial charge in [0.05, 0.1) is 0 Å². The van der Waals surface area contributed by atoms with Crippen molar-refractivity contribution in [3.63, 3.8) is 0 Å². The summed E-state index contributed by atoms with van der Waals surface area (Å²) in [7, 11) is 0. The molecule has 2 radical (unpaired) electrons. The van der Waals surface area contributed by atoms with Crippen molar-refractivity contribution in [3.8, 4) is 0 Å². The van der Waals surface area contributed by atoms with Crippen molar-refractivity contribution >= 4 is 0 Å². The normalized spacial score (nSPS) is 10.5. The largest absolute Gasteiger partial charge is 0.0654 e. The fourth-order valence-electron chi connectivity index (χ4n) is 1.27. The molecule has 0 bridgehead atoms. The lowest BCUT2D eigenvalue weighted by molar-refractivity contribution is 0.676. The molecule has 0 spiro atoms. The zero-order valence-corrected chi connectivity index (χ0v) is 8.81. The number of hydrogen-bond acceptors (Lipinski definition) is 0. The zero-order chi connectivity index (χ0) is 9.07. The maximum Gasteiger partial charge on any atom is -0.0386 e.